The molecule has 0 bridgehead atoms. The molecule has 266 valence electrons. The van der Waals surface area contributed by atoms with Crippen LogP contribution < -0.4 is 4.90 Å². The van der Waals surface area contributed by atoms with Crippen molar-refractivity contribution < 1.29 is 0 Å². The molecular formula is C54H40N2. The van der Waals surface area contributed by atoms with E-state index in [1.807, 2.05) is 0 Å². The van der Waals surface area contributed by atoms with Crippen LogP contribution in [0.3, 0.4) is 0 Å². The maximum Gasteiger partial charge on any atom is 0.122 e. The van der Waals surface area contributed by atoms with Crippen molar-refractivity contribution >= 4 is 38.9 Å². The summed E-state index contributed by atoms with van der Waals surface area (Å²) in [6, 6.07) is 72.8. The standard InChI is InChI=1S/C54H40N2/c1-3-19-37(20-4-1)54(44-28-12-7-23-39(44)40-24-8-13-29-45(40)54)56-47-31-14-10-26-42(47)52-49(33-18-34-50(52)56)55(38-21-5-2-6-22-38)48-32-17-30-46-51(48)41-25-9-11-27-43(41)53(46)35-15-16-36-53/h1-14,17-34H,15-16,35-36H2. The van der Waals surface area contributed by atoms with Gasteiger partial charge >= 0.3 is 0 Å². The molecule has 0 radical (unpaired) electrons. The molecule has 2 heteroatoms. The summed E-state index contributed by atoms with van der Waals surface area (Å²) in [6.45, 7) is 0. The van der Waals surface area contributed by atoms with Crippen molar-refractivity contribution in [1.29, 1.82) is 0 Å². The van der Waals surface area contributed by atoms with E-state index in [2.05, 4.69) is 204 Å². The second kappa shape index (κ2) is 11.9. The smallest absolute Gasteiger partial charge is 0.122 e. The Kier molecular flexibility index (Phi) is 6.75. The van der Waals surface area contributed by atoms with Crippen molar-refractivity contribution in [1.82, 2.24) is 4.57 Å². The molecule has 0 unspecified atom stereocenters. The molecule has 9 aromatic rings. The van der Waals surface area contributed by atoms with Crippen LogP contribution in [0.25, 0.3) is 44.1 Å². The molecule has 3 aliphatic carbocycles. The van der Waals surface area contributed by atoms with Gasteiger partial charge in [-0.1, -0.05) is 171 Å². The van der Waals surface area contributed by atoms with E-state index in [0.29, 0.717) is 0 Å². The van der Waals surface area contributed by atoms with E-state index in [1.165, 1.54) is 109 Å². The quantitative estimate of drug-likeness (QED) is 0.172. The van der Waals surface area contributed by atoms with Gasteiger partial charge in [0.1, 0.15) is 5.54 Å². The van der Waals surface area contributed by atoms with Gasteiger partial charge in [-0.3, -0.25) is 0 Å². The zero-order chi connectivity index (χ0) is 36.8. The Morgan fingerprint density at radius 2 is 0.946 bits per heavy atom. The second-order valence-corrected chi connectivity index (χ2v) is 15.9. The highest BCUT2D eigenvalue weighted by atomic mass is 15.2. The molecule has 0 saturated heterocycles. The van der Waals surface area contributed by atoms with Crippen molar-refractivity contribution in [2.75, 3.05) is 4.90 Å². The summed E-state index contributed by atoms with van der Waals surface area (Å²) in [6.07, 6.45) is 4.96. The number of para-hydroxylation sites is 2. The van der Waals surface area contributed by atoms with E-state index in [4.69, 9.17) is 0 Å². The largest absolute Gasteiger partial charge is 0.322 e. The monoisotopic (exact) mass is 716 g/mol. The Morgan fingerprint density at radius 1 is 0.411 bits per heavy atom. The van der Waals surface area contributed by atoms with Crippen molar-refractivity contribution in [2.24, 2.45) is 0 Å². The molecule has 8 aromatic carbocycles. The Labute approximate surface area is 327 Å². The molecule has 1 aromatic heterocycles. The molecule has 1 saturated carbocycles. The van der Waals surface area contributed by atoms with E-state index in [9.17, 15) is 0 Å². The van der Waals surface area contributed by atoms with Crippen LogP contribution in [0.1, 0.15) is 53.5 Å². The topological polar surface area (TPSA) is 8.17 Å². The van der Waals surface area contributed by atoms with E-state index in [1.54, 1.807) is 0 Å². The second-order valence-electron chi connectivity index (χ2n) is 15.9. The normalized spacial score (nSPS) is 15.5. The van der Waals surface area contributed by atoms with Gasteiger partial charge in [0.2, 0.25) is 0 Å². The van der Waals surface area contributed by atoms with Crippen LogP contribution in [0, 0.1) is 0 Å². The SMILES string of the molecule is c1ccc(N(c2cccc3c2-c2ccccc2C32CCCC2)c2cccc3c2c2ccccc2n3C2(c3ccccc3)c3ccccc3-c3ccccc32)cc1. The fourth-order valence-electron chi connectivity index (χ4n) is 11.3. The number of rotatable bonds is 5. The number of benzene rings is 8. The molecule has 56 heavy (non-hydrogen) atoms. The minimum absolute atomic E-state index is 0.0810. The Hall–Kier alpha value is -6.64. The third-order valence-electron chi connectivity index (χ3n) is 13.3. The highest BCUT2D eigenvalue weighted by molar-refractivity contribution is 6.17. The molecule has 1 heterocycles. The van der Waals surface area contributed by atoms with E-state index >= 15 is 0 Å². The molecule has 0 N–H and O–H groups in total. The summed E-state index contributed by atoms with van der Waals surface area (Å²) >= 11 is 0. The van der Waals surface area contributed by atoms with Gasteiger partial charge in [0.25, 0.3) is 0 Å². The van der Waals surface area contributed by atoms with Gasteiger partial charge in [-0.2, -0.15) is 0 Å². The lowest BCUT2D eigenvalue weighted by Crippen LogP contribution is -2.35. The predicted octanol–water partition coefficient (Wildman–Crippen LogP) is 13.9. The highest BCUT2D eigenvalue weighted by Crippen LogP contribution is 2.61. The molecule has 2 nitrogen and oxygen atoms in total. The van der Waals surface area contributed by atoms with Crippen LogP contribution in [0.5, 0.6) is 0 Å². The first-order valence-corrected chi connectivity index (χ1v) is 20.2. The Bertz CT molecular complexity index is 2940. The van der Waals surface area contributed by atoms with Crippen molar-refractivity contribution in [3.8, 4) is 22.3 Å². The van der Waals surface area contributed by atoms with Gasteiger partial charge < -0.3 is 9.47 Å². The van der Waals surface area contributed by atoms with Crippen LogP contribution in [-0.2, 0) is 11.0 Å². The fourth-order valence-corrected chi connectivity index (χ4v) is 11.3. The first-order chi connectivity index (χ1) is 27.8. The van der Waals surface area contributed by atoms with Crippen LogP contribution in [0.2, 0.25) is 0 Å². The summed E-state index contributed by atoms with van der Waals surface area (Å²) in [5.41, 5.74) is 17.7. The van der Waals surface area contributed by atoms with E-state index in [0.717, 1.165) is 5.69 Å². The number of anilines is 3. The number of aromatic nitrogens is 1. The maximum atomic E-state index is 2.67. The lowest BCUT2D eigenvalue weighted by atomic mass is 9.77. The average molecular weight is 717 g/mol. The number of fused-ring (bicyclic) bond motifs is 11. The fraction of sp³-hybridized carbons (Fsp3) is 0.111. The third kappa shape index (κ3) is 4.06. The van der Waals surface area contributed by atoms with Crippen molar-refractivity contribution in [3.63, 3.8) is 0 Å². The lowest BCUT2D eigenvalue weighted by Gasteiger charge is -2.36. The predicted molar refractivity (Wildman–Crippen MR) is 232 cm³/mol. The number of hydrogen-bond acceptors (Lipinski definition) is 1. The van der Waals surface area contributed by atoms with Crippen molar-refractivity contribution in [2.45, 2.75) is 36.6 Å². The summed E-state index contributed by atoms with van der Waals surface area (Å²) < 4.78 is 2.67. The van der Waals surface area contributed by atoms with E-state index < -0.39 is 5.54 Å². The summed E-state index contributed by atoms with van der Waals surface area (Å²) in [4.78, 5) is 2.56. The third-order valence-corrected chi connectivity index (χ3v) is 13.3. The maximum absolute atomic E-state index is 2.67. The molecular weight excluding hydrogens is 677 g/mol. The Morgan fingerprint density at radius 3 is 1.68 bits per heavy atom. The summed E-state index contributed by atoms with van der Waals surface area (Å²) in [5, 5.41) is 2.50. The van der Waals surface area contributed by atoms with Gasteiger partial charge in [-0.25, -0.2) is 0 Å². The number of hydrogen-bond donors (Lipinski definition) is 0. The molecule has 12 rings (SSSR count). The number of nitrogens with zero attached hydrogens (tertiary/aromatic N) is 2. The van der Waals surface area contributed by atoms with Crippen LogP contribution in [-0.4, -0.2) is 4.57 Å². The van der Waals surface area contributed by atoms with Crippen molar-refractivity contribution in [3.05, 3.63) is 222 Å². The first-order valence-electron chi connectivity index (χ1n) is 20.2. The zero-order valence-electron chi connectivity index (χ0n) is 31.2. The highest BCUT2D eigenvalue weighted by Gasteiger charge is 2.49. The van der Waals surface area contributed by atoms with Crippen LogP contribution in [0.15, 0.2) is 194 Å². The zero-order valence-corrected chi connectivity index (χ0v) is 31.2. The van der Waals surface area contributed by atoms with Gasteiger partial charge in [-0.05, 0) is 93.7 Å². The summed E-state index contributed by atoms with van der Waals surface area (Å²) in [5.74, 6) is 0. The molecule has 0 amide bonds. The van der Waals surface area contributed by atoms with Gasteiger partial charge in [0.15, 0.2) is 0 Å². The van der Waals surface area contributed by atoms with E-state index in [-0.39, 0.29) is 5.41 Å². The van der Waals surface area contributed by atoms with Crippen LogP contribution >= 0.6 is 0 Å². The minimum Gasteiger partial charge on any atom is -0.322 e. The van der Waals surface area contributed by atoms with Gasteiger partial charge in [0.05, 0.1) is 22.4 Å². The molecule has 0 atom stereocenters. The molecule has 1 fully saturated rings. The average Bonchev–Trinajstić information content (AvgIpc) is 4.03. The lowest BCUT2D eigenvalue weighted by molar-refractivity contribution is 0.550. The first kappa shape index (κ1) is 31.7. The van der Waals surface area contributed by atoms with Crippen LogP contribution in [0.4, 0.5) is 17.1 Å². The van der Waals surface area contributed by atoms with Gasteiger partial charge in [0, 0.05) is 27.4 Å². The van der Waals surface area contributed by atoms with Gasteiger partial charge in [-0.15, -0.1) is 0 Å². The minimum atomic E-state index is -0.603. The summed E-state index contributed by atoms with van der Waals surface area (Å²) in [7, 11) is 0. The Balaban J connectivity index is 1.21. The molecule has 0 aliphatic heterocycles. The molecule has 1 spiro atoms. The molecule has 3 aliphatic rings.